The van der Waals surface area contributed by atoms with E-state index in [4.69, 9.17) is 21.1 Å². The standard InChI is InChI=1S/C32H31ClF2N4O6S/c1-37(2)27(40)16-39-15-23-28(32(39)41)31(45-17-18-6-8-21(44-4)9-7-18)29-22(30(23)38(3)46(5,42)43)11-19(14-36-29)10-20-12-24(33)26(35)13-25(20)34/h6-9,11-15,41H,10,16-17H2,1-5H3. The van der Waals surface area contributed by atoms with Crippen molar-refractivity contribution >= 4 is 54.9 Å². The molecular formula is C32H31ClF2N4O6S. The first kappa shape index (κ1) is 32.8. The highest BCUT2D eigenvalue weighted by Crippen LogP contribution is 2.47. The molecule has 0 spiro atoms. The molecule has 0 fully saturated rings. The molecule has 2 heterocycles. The summed E-state index contributed by atoms with van der Waals surface area (Å²) in [7, 11) is 2.18. The van der Waals surface area contributed by atoms with Crippen LogP contribution >= 0.6 is 11.6 Å². The molecule has 46 heavy (non-hydrogen) atoms. The number of fused-ring (bicyclic) bond motifs is 2. The zero-order valence-electron chi connectivity index (χ0n) is 25.6. The van der Waals surface area contributed by atoms with Crippen LogP contribution < -0.4 is 13.8 Å². The van der Waals surface area contributed by atoms with Gasteiger partial charge in [0.25, 0.3) is 0 Å². The maximum absolute atomic E-state index is 14.7. The van der Waals surface area contributed by atoms with Crippen LogP contribution in [-0.4, -0.2) is 68.4 Å². The van der Waals surface area contributed by atoms with E-state index in [1.807, 2.05) is 0 Å². The Morgan fingerprint density at radius 1 is 1.04 bits per heavy atom. The Balaban J connectivity index is 1.77. The van der Waals surface area contributed by atoms with Crippen molar-refractivity contribution in [3.8, 4) is 17.4 Å². The number of carbonyl (C=O) groups is 1. The number of likely N-dealkylation sites (N-methyl/N-ethyl adjacent to an activating group) is 1. The molecule has 0 saturated carbocycles. The molecule has 14 heteroatoms. The molecule has 0 aliphatic heterocycles. The molecule has 1 N–H and O–H groups in total. The average molecular weight is 673 g/mol. The van der Waals surface area contributed by atoms with Crippen LogP contribution in [0.15, 0.2) is 54.9 Å². The average Bonchev–Trinajstić information content (AvgIpc) is 3.32. The fourth-order valence-electron chi connectivity index (χ4n) is 5.03. The van der Waals surface area contributed by atoms with Gasteiger partial charge >= 0.3 is 0 Å². The van der Waals surface area contributed by atoms with Crippen LogP contribution in [-0.2, 0) is 34.4 Å². The second kappa shape index (κ2) is 12.6. The van der Waals surface area contributed by atoms with Gasteiger partial charge in [-0.25, -0.2) is 17.2 Å². The summed E-state index contributed by atoms with van der Waals surface area (Å²) in [6.45, 7) is -0.202. The van der Waals surface area contributed by atoms with Crippen molar-refractivity contribution in [1.82, 2.24) is 14.5 Å². The van der Waals surface area contributed by atoms with Gasteiger partial charge in [0.1, 0.15) is 36.1 Å². The molecule has 242 valence electrons. The third-order valence-corrected chi connectivity index (χ3v) is 9.06. The number of sulfonamides is 1. The van der Waals surface area contributed by atoms with Crippen molar-refractivity contribution in [2.45, 2.75) is 19.6 Å². The maximum atomic E-state index is 14.7. The molecule has 0 bridgehead atoms. The topological polar surface area (TPSA) is 114 Å². The number of ether oxygens (including phenoxy) is 2. The molecule has 5 aromatic rings. The van der Waals surface area contributed by atoms with E-state index in [0.717, 1.165) is 16.1 Å². The third kappa shape index (κ3) is 6.38. The Bertz CT molecular complexity index is 2090. The van der Waals surface area contributed by atoms with Crippen molar-refractivity contribution in [2.24, 2.45) is 0 Å². The summed E-state index contributed by atoms with van der Waals surface area (Å²) in [5.41, 5.74) is 1.70. The summed E-state index contributed by atoms with van der Waals surface area (Å²) >= 11 is 5.92. The van der Waals surface area contributed by atoms with Crippen molar-refractivity contribution in [3.05, 3.63) is 88.2 Å². The molecule has 0 aliphatic carbocycles. The van der Waals surface area contributed by atoms with Gasteiger partial charge < -0.3 is 24.0 Å². The smallest absolute Gasteiger partial charge is 0.242 e. The van der Waals surface area contributed by atoms with Crippen LogP contribution in [0.3, 0.4) is 0 Å². The molecular weight excluding hydrogens is 642 g/mol. The lowest BCUT2D eigenvalue weighted by Gasteiger charge is -2.22. The van der Waals surface area contributed by atoms with Gasteiger partial charge in [0.2, 0.25) is 21.8 Å². The van der Waals surface area contributed by atoms with Crippen LogP contribution in [0.4, 0.5) is 14.5 Å². The fraction of sp³-hybridized carbons (Fsp3) is 0.250. The summed E-state index contributed by atoms with van der Waals surface area (Å²) < 4.78 is 68.3. The summed E-state index contributed by atoms with van der Waals surface area (Å²) in [4.78, 5) is 18.6. The first-order chi connectivity index (χ1) is 21.7. The summed E-state index contributed by atoms with van der Waals surface area (Å²) in [5.74, 6) is -1.55. The van der Waals surface area contributed by atoms with Gasteiger partial charge in [-0.2, -0.15) is 0 Å². The third-order valence-electron chi connectivity index (χ3n) is 7.59. The van der Waals surface area contributed by atoms with Crippen LogP contribution in [0.5, 0.6) is 17.4 Å². The molecule has 10 nitrogen and oxygen atoms in total. The molecule has 1 amide bonds. The molecule has 0 saturated heterocycles. The van der Waals surface area contributed by atoms with E-state index in [-0.39, 0.29) is 69.7 Å². The number of hydrogen-bond acceptors (Lipinski definition) is 7. The van der Waals surface area contributed by atoms with Crippen molar-refractivity contribution in [2.75, 3.05) is 38.8 Å². The predicted molar refractivity (Wildman–Crippen MR) is 172 cm³/mol. The van der Waals surface area contributed by atoms with Gasteiger partial charge in [0.05, 0.1) is 29.5 Å². The zero-order valence-corrected chi connectivity index (χ0v) is 27.2. The number of pyridine rings is 1. The highest BCUT2D eigenvalue weighted by Gasteiger charge is 2.28. The van der Waals surface area contributed by atoms with E-state index in [2.05, 4.69) is 4.98 Å². The van der Waals surface area contributed by atoms with E-state index in [1.165, 1.54) is 35.0 Å². The van der Waals surface area contributed by atoms with Gasteiger partial charge in [-0.05, 0) is 41.0 Å². The Kier molecular flexibility index (Phi) is 9.00. The van der Waals surface area contributed by atoms with Gasteiger partial charge in [-0.1, -0.05) is 23.7 Å². The highest BCUT2D eigenvalue weighted by molar-refractivity contribution is 7.92. The molecule has 0 atom stereocenters. The minimum absolute atomic E-state index is 0.0411. The van der Waals surface area contributed by atoms with Crippen LogP contribution in [0.2, 0.25) is 5.02 Å². The fourth-order valence-corrected chi connectivity index (χ4v) is 5.74. The van der Waals surface area contributed by atoms with E-state index in [1.54, 1.807) is 51.5 Å². The first-order valence-electron chi connectivity index (χ1n) is 13.9. The quantitative estimate of drug-likeness (QED) is 0.195. The predicted octanol–water partition coefficient (Wildman–Crippen LogP) is 5.49. The van der Waals surface area contributed by atoms with E-state index >= 15 is 0 Å². The molecule has 3 aromatic carbocycles. The number of carbonyl (C=O) groups excluding carboxylic acids is 1. The lowest BCUT2D eigenvalue weighted by atomic mass is 10.0. The molecule has 5 rings (SSSR count). The Morgan fingerprint density at radius 3 is 2.37 bits per heavy atom. The Labute approximate surface area is 269 Å². The number of anilines is 1. The van der Waals surface area contributed by atoms with Gasteiger partial charge in [-0.15, -0.1) is 0 Å². The maximum Gasteiger partial charge on any atom is 0.242 e. The number of aromatic nitrogens is 2. The number of aromatic hydroxyl groups is 1. The number of rotatable bonds is 10. The number of methoxy groups -OCH3 is 1. The van der Waals surface area contributed by atoms with Crippen LogP contribution in [0.25, 0.3) is 21.7 Å². The van der Waals surface area contributed by atoms with Gasteiger partial charge in [-0.3, -0.25) is 14.1 Å². The first-order valence-corrected chi connectivity index (χ1v) is 16.1. The van der Waals surface area contributed by atoms with Crippen molar-refractivity contribution < 1.29 is 36.6 Å². The largest absolute Gasteiger partial charge is 0.497 e. The summed E-state index contributed by atoms with van der Waals surface area (Å²) in [6, 6.07) is 10.7. The van der Waals surface area contributed by atoms with E-state index < -0.39 is 21.7 Å². The van der Waals surface area contributed by atoms with Crippen molar-refractivity contribution in [1.29, 1.82) is 0 Å². The van der Waals surface area contributed by atoms with Crippen LogP contribution in [0.1, 0.15) is 16.7 Å². The SMILES string of the molecule is COc1ccc(COc2c3ncc(Cc4cc(Cl)c(F)cc4F)cc3c(N(C)S(C)(=O)=O)c3cn(CC(=O)N(C)C)c(O)c23)cc1. The minimum Gasteiger partial charge on any atom is -0.497 e. The normalized spacial score (nSPS) is 11.7. The number of hydrogen-bond donors (Lipinski definition) is 1. The lowest BCUT2D eigenvalue weighted by Crippen LogP contribution is -2.26. The number of benzene rings is 3. The molecule has 0 aliphatic rings. The second-order valence-corrected chi connectivity index (χ2v) is 13.4. The highest BCUT2D eigenvalue weighted by atomic mass is 35.5. The lowest BCUT2D eigenvalue weighted by molar-refractivity contribution is -0.129. The second-order valence-electron chi connectivity index (χ2n) is 11.0. The van der Waals surface area contributed by atoms with E-state index in [0.29, 0.717) is 22.8 Å². The number of halogens is 3. The molecule has 0 unspecified atom stereocenters. The summed E-state index contributed by atoms with van der Waals surface area (Å²) in [5, 5.41) is 12.0. The van der Waals surface area contributed by atoms with E-state index in [9.17, 15) is 27.1 Å². The van der Waals surface area contributed by atoms with Crippen LogP contribution in [0, 0.1) is 11.6 Å². The molecule has 0 radical (unpaired) electrons. The van der Waals surface area contributed by atoms with Gasteiger partial charge in [0, 0.05) is 56.8 Å². The number of amides is 1. The van der Waals surface area contributed by atoms with Crippen molar-refractivity contribution in [3.63, 3.8) is 0 Å². The Morgan fingerprint density at radius 2 is 1.74 bits per heavy atom. The molecule has 2 aromatic heterocycles. The minimum atomic E-state index is -3.87. The summed E-state index contributed by atoms with van der Waals surface area (Å²) in [6.07, 6.45) is 3.92. The van der Waals surface area contributed by atoms with Gasteiger partial charge in [0.15, 0.2) is 5.75 Å². The zero-order chi connectivity index (χ0) is 33.5. The number of nitrogens with zero attached hydrogens (tertiary/aromatic N) is 4. The Hall–Kier alpha value is -4.62. The monoisotopic (exact) mass is 672 g/mol.